The Morgan fingerprint density at radius 2 is 1.86 bits per heavy atom. The Bertz CT molecular complexity index is 954. The van der Waals surface area contributed by atoms with Crippen molar-refractivity contribution in [2.45, 2.75) is 45.6 Å². The van der Waals surface area contributed by atoms with Crippen LogP contribution in [0.15, 0.2) is 58.9 Å². The van der Waals surface area contributed by atoms with E-state index in [1.165, 1.54) is 5.57 Å². The van der Waals surface area contributed by atoms with E-state index in [9.17, 15) is 9.59 Å². The molecule has 4 nitrogen and oxygen atoms in total. The zero-order valence-corrected chi connectivity index (χ0v) is 16.7. The van der Waals surface area contributed by atoms with Gasteiger partial charge in [-0.2, -0.15) is 0 Å². The zero-order chi connectivity index (χ0) is 19.7. The summed E-state index contributed by atoms with van der Waals surface area (Å²) in [6, 6.07) is 14.0. The molecule has 0 radical (unpaired) electrons. The molecule has 146 valence electrons. The number of rotatable bonds is 4. The first-order valence-corrected chi connectivity index (χ1v) is 10.2. The van der Waals surface area contributed by atoms with Gasteiger partial charge in [0.15, 0.2) is 0 Å². The molecule has 1 aromatic heterocycles. The quantitative estimate of drug-likeness (QED) is 0.750. The number of likely N-dealkylation sites (tertiary alicyclic amines) is 1. The Balaban J connectivity index is 1.58. The summed E-state index contributed by atoms with van der Waals surface area (Å²) in [6.45, 7) is 6.35. The van der Waals surface area contributed by atoms with Crippen LogP contribution < -0.4 is 5.56 Å². The number of aromatic nitrogens is 1. The van der Waals surface area contributed by atoms with E-state index in [2.05, 4.69) is 26.0 Å². The summed E-state index contributed by atoms with van der Waals surface area (Å²) in [6.07, 6.45) is 4.57. The topological polar surface area (TPSA) is 42.3 Å². The number of pyridine rings is 1. The lowest BCUT2D eigenvalue weighted by Gasteiger charge is -2.43. The molecule has 0 spiro atoms. The molecule has 0 aliphatic carbocycles. The van der Waals surface area contributed by atoms with Crippen LogP contribution in [0.3, 0.4) is 0 Å². The van der Waals surface area contributed by atoms with Crippen molar-refractivity contribution in [3.8, 4) is 11.1 Å². The Morgan fingerprint density at radius 3 is 2.61 bits per heavy atom. The molecule has 2 aliphatic rings. The van der Waals surface area contributed by atoms with E-state index in [1.807, 2.05) is 39.8 Å². The second kappa shape index (κ2) is 7.78. The van der Waals surface area contributed by atoms with Crippen molar-refractivity contribution < 1.29 is 4.79 Å². The van der Waals surface area contributed by atoms with Gasteiger partial charge in [0.25, 0.3) is 5.56 Å². The van der Waals surface area contributed by atoms with Crippen LogP contribution in [0.2, 0.25) is 0 Å². The fourth-order valence-electron chi connectivity index (χ4n) is 4.60. The highest BCUT2D eigenvalue weighted by Gasteiger charge is 2.36. The maximum atomic E-state index is 12.8. The van der Waals surface area contributed by atoms with Crippen molar-refractivity contribution in [3.63, 3.8) is 0 Å². The van der Waals surface area contributed by atoms with Crippen LogP contribution in [-0.4, -0.2) is 28.5 Å². The molecule has 1 saturated heterocycles. The van der Waals surface area contributed by atoms with E-state index in [-0.39, 0.29) is 17.4 Å². The Morgan fingerprint density at radius 1 is 1.07 bits per heavy atom. The molecule has 1 amide bonds. The first-order chi connectivity index (χ1) is 13.5. The van der Waals surface area contributed by atoms with Crippen molar-refractivity contribution >= 4 is 5.91 Å². The first kappa shape index (κ1) is 18.7. The van der Waals surface area contributed by atoms with Crippen LogP contribution in [0, 0.1) is 5.92 Å². The van der Waals surface area contributed by atoms with Gasteiger partial charge in [0.05, 0.1) is 0 Å². The van der Waals surface area contributed by atoms with Gasteiger partial charge in [-0.1, -0.05) is 42.0 Å². The standard InChI is InChI=1S/C24H28N2O2/c1-17(2)7-6-10-23(27)25-14-18-11-21(16-25)22-12-20(13-24(28)26(22)15-18)19-8-4-3-5-9-19/h3-5,7-9,12-13,18,21H,6,10-11,14-16H2,1-2H3/t18-,21+/m0/s1. The molecular formula is C24H28N2O2. The third kappa shape index (κ3) is 3.82. The summed E-state index contributed by atoms with van der Waals surface area (Å²) in [5.74, 6) is 0.859. The average molecular weight is 377 g/mol. The minimum Gasteiger partial charge on any atom is -0.342 e. The Hall–Kier alpha value is -2.62. The second-order valence-electron chi connectivity index (χ2n) is 8.40. The smallest absolute Gasteiger partial charge is 0.251 e. The van der Waals surface area contributed by atoms with Crippen LogP contribution in [0.5, 0.6) is 0 Å². The number of piperidine rings is 1. The largest absolute Gasteiger partial charge is 0.342 e. The molecule has 0 saturated carbocycles. The number of benzene rings is 1. The number of hydrogen-bond acceptors (Lipinski definition) is 2. The average Bonchev–Trinajstić information content (AvgIpc) is 2.69. The fourth-order valence-corrected chi connectivity index (χ4v) is 4.60. The van der Waals surface area contributed by atoms with Crippen LogP contribution >= 0.6 is 0 Å². The van der Waals surface area contributed by atoms with Gasteiger partial charge >= 0.3 is 0 Å². The van der Waals surface area contributed by atoms with Crippen LogP contribution in [-0.2, 0) is 11.3 Å². The molecule has 1 fully saturated rings. The van der Waals surface area contributed by atoms with Crippen molar-refractivity contribution in [1.82, 2.24) is 9.47 Å². The number of carbonyl (C=O) groups is 1. The molecule has 28 heavy (non-hydrogen) atoms. The molecule has 2 atom stereocenters. The predicted molar refractivity (Wildman–Crippen MR) is 112 cm³/mol. The lowest BCUT2D eigenvalue weighted by molar-refractivity contribution is -0.133. The van der Waals surface area contributed by atoms with E-state index in [4.69, 9.17) is 0 Å². The molecule has 2 bridgehead atoms. The lowest BCUT2D eigenvalue weighted by atomic mass is 9.82. The highest BCUT2D eigenvalue weighted by atomic mass is 16.2. The van der Waals surface area contributed by atoms with E-state index in [0.29, 0.717) is 12.3 Å². The minimum atomic E-state index is 0.0781. The van der Waals surface area contributed by atoms with Gasteiger partial charge in [0.1, 0.15) is 0 Å². The van der Waals surface area contributed by atoms with E-state index < -0.39 is 0 Å². The summed E-state index contributed by atoms with van der Waals surface area (Å²) in [7, 11) is 0. The summed E-state index contributed by atoms with van der Waals surface area (Å²) in [4.78, 5) is 27.5. The van der Waals surface area contributed by atoms with Crippen LogP contribution in [0.1, 0.15) is 44.7 Å². The SMILES string of the molecule is CC(C)=CCCC(=O)N1C[C@@H]2C[C@H](C1)c1cc(-c3ccccc3)cc(=O)n1C2. The highest BCUT2D eigenvalue weighted by Crippen LogP contribution is 2.36. The number of fused-ring (bicyclic) bond motifs is 4. The molecule has 4 heteroatoms. The number of amides is 1. The van der Waals surface area contributed by atoms with Crippen molar-refractivity contribution in [2.75, 3.05) is 13.1 Å². The van der Waals surface area contributed by atoms with E-state index >= 15 is 0 Å². The van der Waals surface area contributed by atoms with Gasteiger partial charge in [-0.15, -0.1) is 0 Å². The summed E-state index contributed by atoms with van der Waals surface area (Å²) in [5, 5.41) is 0. The summed E-state index contributed by atoms with van der Waals surface area (Å²) in [5.41, 5.74) is 4.46. The Kier molecular flexibility index (Phi) is 5.21. The van der Waals surface area contributed by atoms with Crippen molar-refractivity contribution in [3.05, 3.63) is 70.2 Å². The van der Waals surface area contributed by atoms with Gasteiger partial charge in [0, 0.05) is 43.7 Å². The fraction of sp³-hybridized carbons (Fsp3) is 0.417. The van der Waals surface area contributed by atoms with Crippen molar-refractivity contribution in [2.24, 2.45) is 5.92 Å². The van der Waals surface area contributed by atoms with Gasteiger partial charge < -0.3 is 9.47 Å². The van der Waals surface area contributed by atoms with Crippen molar-refractivity contribution in [1.29, 1.82) is 0 Å². The monoisotopic (exact) mass is 376 g/mol. The highest BCUT2D eigenvalue weighted by molar-refractivity contribution is 5.76. The van der Waals surface area contributed by atoms with Gasteiger partial charge in [-0.25, -0.2) is 0 Å². The zero-order valence-electron chi connectivity index (χ0n) is 16.7. The Labute approximate surface area is 166 Å². The number of allylic oxidation sites excluding steroid dienone is 2. The second-order valence-corrected chi connectivity index (χ2v) is 8.40. The van der Waals surface area contributed by atoms with Gasteiger partial charge in [-0.3, -0.25) is 9.59 Å². The molecule has 2 aliphatic heterocycles. The molecule has 0 N–H and O–H groups in total. The molecular weight excluding hydrogens is 348 g/mol. The normalized spacial score (nSPS) is 20.4. The van der Waals surface area contributed by atoms with Gasteiger partial charge in [-0.05, 0) is 49.8 Å². The number of nitrogens with zero attached hydrogens (tertiary/aromatic N) is 2. The maximum absolute atomic E-state index is 12.8. The minimum absolute atomic E-state index is 0.0781. The maximum Gasteiger partial charge on any atom is 0.251 e. The predicted octanol–water partition coefficient (Wildman–Crippen LogP) is 4.21. The summed E-state index contributed by atoms with van der Waals surface area (Å²) >= 11 is 0. The lowest BCUT2D eigenvalue weighted by Crippen LogP contribution is -2.49. The third-order valence-corrected chi connectivity index (χ3v) is 5.93. The summed E-state index contributed by atoms with van der Waals surface area (Å²) < 4.78 is 1.94. The molecule has 0 unspecified atom stereocenters. The third-order valence-electron chi connectivity index (χ3n) is 5.93. The van der Waals surface area contributed by atoms with Crippen LogP contribution in [0.4, 0.5) is 0 Å². The molecule has 1 aromatic carbocycles. The van der Waals surface area contributed by atoms with Crippen LogP contribution in [0.25, 0.3) is 11.1 Å². The van der Waals surface area contributed by atoms with E-state index in [0.717, 1.165) is 49.3 Å². The molecule has 4 rings (SSSR count). The van der Waals surface area contributed by atoms with Gasteiger partial charge in [0.2, 0.25) is 5.91 Å². The number of hydrogen-bond donors (Lipinski definition) is 0. The van der Waals surface area contributed by atoms with E-state index in [1.54, 1.807) is 6.07 Å². The molecule has 3 heterocycles. The number of carbonyl (C=O) groups excluding carboxylic acids is 1. The first-order valence-electron chi connectivity index (χ1n) is 10.2. The molecule has 2 aromatic rings.